The fraction of sp³-hybridized carbons (Fsp3) is 0.464. The first-order chi connectivity index (χ1) is 17.5. The predicted octanol–water partition coefficient (Wildman–Crippen LogP) is 3.71. The van der Waals surface area contributed by atoms with Crippen LogP contribution >= 0.6 is 0 Å². The summed E-state index contributed by atoms with van der Waals surface area (Å²) in [5.74, 6) is 1.83. The highest BCUT2D eigenvalue weighted by atomic mass is 16.5. The molecule has 2 aromatic carbocycles. The van der Waals surface area contributed by atoms with Gasteiger partial charge in [-0.1, -0.05) is 25.5 Å². The molecule has 1 aromatic heterocycles. The maximum atomic E-state index is 13.6. The van der Waals surface area contributed by atoms with Crippen LogP contribution in [0.3, 0.4) is 0 Å². The minimum atomic E-state index is -0.282. The van der Waals surface area contributed by atoms with Crippen LogP contribution in [0.1, 0.15) is 33.1 Å². The molecule has 1 N–H and O–H groups in total. The second-order valence-corrected chi connectivity index (χ2v) is 9.47. The number of likely N-dealkylation sites (tertiary alicyclic amines) is 1. The molecule has 0 bridgehead atoms. The van der Waals surface area contributed by atoms with Gasteiger partial charge in [-0.15, -0.1) is 0 Å². The van der Waals surface area contributed by atoms with Gasteiger partial charge in [0.15, 0.2) is 0 Å². The summed E-state index contributed by atoms with van der Waals surface area (Å²) < 4.78 is 12.8. The molecule has 36 heavy (non-hydrogen) atoms. The van der Waals surface area contributed by atoms with Crippen molar-refractivity contribution in [1.82, 2.24) is 19.8 Å². The summed E-state index contributed by atoms with van der Waals surface area (Å²) in [6.07, 6.45) is 3.86. The number of nitrogens with one attached hydrogen (secondary N) is 1. The molecule has 1 fully saturated rings. The first-order valence-electron chi connectivity index (χ1n) is 12.8. The molecular formula is C28H36N4O4. The van der Waals surface area contributed by atoms with Crippen molar-refractivity contribution >= 4 is 16.8 Å². The Morgan fingerprint density at radius 2 is 1.92 bits per heavy atom. The average molecular weight is 493 g/mol. The highest BCUT2D eigenvalue weighted by Gasteiger charge is 2.18. The van der Waals surface area contributed by atoms with Crippen LogP contribution in [0.15, 0.2) is 47.3 Å². The van der Waals surface area contributed by atoms with Crippen LogP contribution in [0.2, 0.25) is 0 Å². The lowest BCUT2D eigenvalue weighted by atomic mass is 10.1. The number of carbonyl (C=O) groups excluding carboxylic acids is 1. The van der Waals surface area contributed by atoms with Gasteiger partial charge in [0, 0.05) is 24.6 Å². The van der Waals surface area contributed by atoms with Crippen molar-refractivity contribution in [1.29, 1.82) is 0 Å². The van der Waals surface area contributed by atoms with E-state index >= 15 is 0 Å². The van der Waals surface area contributed by atoms with Crippen molar-refractivity contribution in [2.24, 2.45) is 5.92 Å². The molecule has 1 amide bonds. The highest BCUT2D eigenvalue weighted by Crippen LogP contribution is 2.25. The molecule has 8 heteroatoms. The van der Waals surface area contributed by atoms with Gasteiger partial charge in [0.05, 0.1) is 24.6 Å². The normalized spacial score (nSPS) is 15.0. The summed E-state index contributed by atoms with van der Waals surface area (Å²) in [7, 11) is 1.59. The first kappa shape index (κ1) is 25.7. The predicted molar refractivity (Wildman–Crippen MR) is 142 cm³/mol. The lowest BCUT2D eigenvalue weighted by Crippen LogP contribution is -2.35. The average Bonchev–Trinajstić information content (AvgIpc) is 2.90. The van der Waals surface area contributed by atoms with E-state index in [0.717, 1.165) is 19.6 Å². The number of hydrogen-bond acceptors (Lipinski definition) is 6. The number of likely N-dealkylation sites (N-methyl/N-ethyl adjacent to an activating group) is 1. The number of benzene rings is 2. The maximum absolute atomic E-state index is 13.6. The Balaban J connectivity index is 1.62. The fourth-order valence-corrected chi connectivity index (χ4v) is 4.69. The second-order valence-electron chi connectivity index (χ2n) is 9.47. The van der Waals surface area contributed by atoms with E-state index in [1.165, 1.54) is 23.8 Å². The van der Waals surface area contributed by atoms with Crippen LogP contribution in [-0.2, 0) is 11.3 Å². The second kappa shape index (κ2) is 12.0. The highest BCUT2D eigenvalue weighted by molar-refractivity contribution is 5.83. The van der Waals surface area contributed by atoms with Crippen LogP contribution in [-0.4, -0.2) is 60.3 Å². The number of amides is 1. The lowest BCUT2D eigenvalue weighted by Gasteiger charge is -2.29. The molecule has 1 aliphatic heterocycles. The molecule has 1 saturated heterocycles. The summed E-state index contributed by atoms with van der Waals surface area (Å²) in [4.78, 5) is 33.4. The quantitative estimate of drug-likeness (QED) is 0.464. The van der Waals surface area contributed by atoms with Gasteiger partial charge in [0.25, 0.3) is 5.56 Å². The molecule has 8 nitrogen and oxygen atoms in total. The van der Waals surface area contributed by atoms with Crippen LogP contribution < -0.4 is 20.3 Å². The van der Waals surface area contributed by atoms with E-state index in [1.54, 1.807) is 13.2 Å². The van der Waals surface area contributed by atoms with Crippen molar-refractivity contribution in [2.75, 3.05) is 39.9 Å². The molecule has 2 heterocycles. The number of methoxy groups -OCH3 is 1. The molecule has 0 saturated carbocycles. The zero-order valence-electron chi connectivity index (χ0n) is 21.5. The zero-order chi connectivity index (χ0) is 25.5. The number of hydrogen-bond donors (Lipinski definition) is 1. The SMILES string of the molecule is CCNC(=O)Cn1c(-c2cccc(OC)c2)nc2ccc(OC[C@@H](C)CN3CCCCC3)cc2c1=O. The lowest BCUT2D eigenvalue weighted by molar-refractivity contribution is -0.121. The molecule has 0 spiro atoms. The summed E-state index contributed by atoms with van der Waals surface area (Å²) >= 11 is 0. The molecule has 1 aliphatic rings. The van der Waals surface area contributed by atoms with E-state index in [4.69, 9.17) is 14.5 Å². The number of ether oxygens (including phenoxy) is 2. The van der Waals surface area contributed by atoms with Gasteiger partial charge in [0.2, 0.25) is 5.91 Å². The number of carbonyl (C=O) groups is 1. The van der Waals surface area contributed by atoms with Gasteiger partial charge in [-0.05, 0) is 63.2 Å². The molecule has 0 unspecified atom stereocenters. The molecule has 4 rings (SSSR count). The molecule has 1 atom stereocenters. The number of rotatable bonds is 10. The Hall–Kier alpha value is -3.39. The van der Waals surface area contributed by atoms with E-state index in [0.29, 0.717) is 52.9 Å². The molecule has 0 radical (unpaired) electrons. The smallest absolute Gasteiger partial charge is 0.262 e. The van der Waals surface area contributed by atoms with Gasteiger partial charge in [0.1, 0.15) is 23.9 Å². The monoisotopic (exact) mass is 492 g/mol. The van der Waals surface area contributed by atoms with Crippen molar-refractivity contribution < 1.29 is 14.3 Å². The number of aromatic nitrogens is 2. The fourth-order valence-electron chi connectivity index (χ4n) is 4.69. The summed E-state index contributed by atoms with van der Waals surface area (Å²) in [6.45, 7) is 8.30. The van der Waals surface area contributed by atoms with Crippen LogP contribution in [0.25, 0.3) is 22.3 Å². The third-order valence-electron chi connectivity index (χ3n) is 6.48. The molecule has 3 aromatic rings. The van der Waals surface area contributed by atoms with Crippen molar-refractivity contribution in [3.05, 3.63) is 52.8 Å². The van der Waals surface area contributed by atoms with E-state index < -0.39 is 0 Å². The minimum Gasteiger partial charge on any atom is -0.497 e. The summed E-state index contributed by atoms with van der Waals surface area (Å²) in [6, 6.07) is 12.7. The Morgan fingerprint density at radius 1 is 1.11 bits per heavy atom. The van der Waals surface area contributed by atoms with E-state index in [9.17, 15) is 9.59 Å². The van der Waals surface area contributed by atoms with E-state index in [-0.39, 0.29) is 18.0 Å². The van der Waals surface area contributed by atoms with Crippen molar-refractivity contribution in [3.8, 4) is 22.9 Å². The minimum absolute atomic E-state index is 0.125. The van der Waals surface area contributed by atoms with E-state index in [1.807, 2.05) is 43.3 Å². The van der Waals surface area contributed by atoms with Crippen LogP contribution in [0.5, 0.6) is 11.5 Å². The Bertz CT molecular complexity index is 1250. The Labute approximate surface area is 212 Å². The summed E-state index contributed by atoms with van der Waals surface area (Å²) in [5.41, 5.74) is 0.971. The summed E-state index contributed by atoms with van der Waals surface area (Å²) in [5, 5.41) is 3.19. The third kappa shape index (κ3) is 6.23. The first-order valence-corrected chi connectivity index (χ1v) is 12.8. The number of fused-ring (bicyclic) bond motifs is 1. The van der Waals surface area contributed by atoms with Gasteiger partial charge in [-0.3, -0.25) is 14.2 Å². The largest absolute Gasteiger partial charge is 0.497 e. The Kier molecular flexibility index (Phi) is 8.59. The topological polar surface area (TPSA) is 85.7 Å². The molecule has 192 valence electrons. The maximum Gasteiger partial charge on any atom is 0.262 e. The Morgan fingerprint density at radius 3 is 2.67 bits per heavy atom. The zero-order valence-corrected chi connectivity index (χ0v) is 21.5. The van der Waals surface area contributed by atoms with Crippen molar-refractivity contribution in [2.45, 2.75) is 39.7 Å². The van der Waals surface area contributed by atoms with E-state index in [2.05, 4.69) is 17.1 Å². The third-order valence-corrected chi connectivity index (χ3v) is 6.48. The van der Waals surface area contributed by atoms with Gasteiger partial charge < -0.3 is 19.7 Å². The van der Waals surface area contributed by atoms with Gasteiger partial charge >= 0.3 is 0 Å². The van der Waals surface area contributed by atoms with Crippen LogP contribution in [0, 0.1) is 5.92 Å². The standard InChI is InChI=1S/C28H36N4O4/c1-4-29-26(33)18-32-27(21-9-8-10-22(15-21)35-3)30-25-12-11-23(16-24(25)28(32)34)36-19-20(2)17-31-13-6-5-7-14-31/h8-12,15-16,20H,4-7,13-14,17-19H2,1-3H3,(H,29,33)/t20-/m0/s1. The van der Waals surface area contributed by atoms with Crippen LogP contribution in [0.4, 0.5) is 0 Å². The van der Waals surface area contributed by atoms with Gasteiger partial charge in [-0.25, -0.2) is 4.98 Å². The molecular weight excluding hydrogens is 456 g/mol. The van der Waals surface area contributed by atoms with Gasteiger partial charge in [-0.2, -0.15) is 0 Å². The van der Waals surface area contributed by atoms with Crippen molar-refractivity contribution in [3.63, 3.8) is 0 Å². The molecule has 0 aliphatic carbocycles. The number of nitrogens with zero attached hydrogens (tertiary/aromatic N) is 3. The number of piperidine rings is 1.